The van der Waals surface area contributed by atoms with Crippen molar-refractivity contribution in [2.24, 2.45) is 0 Å². The molecule has 0 heterocycles. The molecule has 0 aliphatic heterocycles. The van der Waals surface area contributed by atoms with Crippen LogP contribution < -0.4 is 14.8 Å². The topological polar surface area (TPSA) is 72.6 Å². The van der Waals surface area contributed by atoms with Crippen LogP contribution in [-0.4, -0.2) is 22.6 Å². The molecule has 21 heavy (non-hydrogen) atoms. The van der Waals surface area contributed by atoms with Crippen LogP contribution in [0.25, 0.3) is 0 Å². The van der Waals surface area contributed by atoms with Gasteiger partial charge in [0.25, 0.3) is 10.0 Å². The molecule has 2 rings (SSSR count). The zero-order chi connectivity index (χ0) is 15.6. The van der Waals surface area contributed by atoms with E-state index >= 15 is 0 Å². The molecule has 2 aromatic rings. The first kappa shape index (κ1) is 15.1. The van der Waals surface area contributed by atoms with Crippen LogP contribution in [0.5, 0.6) is 5.75 Å². The van der Waals surface area contributed by atoms with Crippen LogP contribution in [0.4, 0.5) is 15.8 Å². The summed E-state index contributed by atoms with van der Waals surface area (Å²) in [6.07, 6.45) is 0. The Bertz CT molecular complexity index is 745. The maximum absolute atomic E-state index is 12.9. The SMILES string of the molecule is COc1ccc(S(=O)(=O)N(C)c2ccc(F)cc2)cc1N. The van der Waals surface area contributed by atoms with Crippen LogP contribution in [0.1, 0.15) is 0 Å². The zero-order valence-corrected chi connectivity index (χ0v) is 12.4. The van der Waals surface area contributed by atoms with E-state index in [2.05, 4.69) is 0 Å². The Kier molecular flexibility index (Phi) is 4.04. The van der Waals surface area contributed by atoms with Crippen molar-refractivity contribution in [2.75, 3.05) is 24.2 Å². The molecule has 0 saturated heterocycles. The van der Waals surface area contributed by atoms with Crippen LogP contribution in [0.15, 0.2) is 47.4 Å². The fraction of sp³-hybridized carbons (Fsp3) is 0.143. The Morgan fingerprint density at radius 1 is 1.14 bits per heavy atom. The second-order valence-electron chi connectivity index (χ2n) is 4.35. The van der Waals surface area contributed by atoms with Crippen molar-refractivity contribution in [1.29, 1.82) is 0 Å². The number of benzene rings is 2. The van der Waals surface area contributed by atoms with E-state index in [1.807, 2.05) is 0 Å². The number of nitrogens with zero attached hydrogens (tertiary/aromatic N) is 1. The van der Waals surface area contributed by atoms with Crippen LogP contribution in [0.2, 0.25) is 0 Å². The molecule has 0 saturated carbocycles. The second-order valence-corrected chi connectivity index (χ2v) is 6.32. The van der Waals surface area contributed by atoms with E-state index in [-0.39, 0.29) is 10.6 Å². The summed E-state index contributed by atoms with van der Waals surface area (Å²) >= 11 is 0. The molecule has 0 unspecified atom stereocenters. The molecule has 0 aliphatic rings. The summed E-state index contributed by atoms with van der Waals surface area (Å²) in [7, 11) is -0.936. The van der Waals surface area contributed by atoms with Gasteiger partial charge in [-0.15, -0.1) is 0 Å². The number of nitrogen functional groups attached to an aromatic ring is 1. The highest BCUT2D eigenvalue weighted by atomic mass is 32.2. The van der Waals surface area contributed by atoms with E-state index in [1.54, 1.807) is 0 Å². The van der Waals surface area contributed by atoms with E-state index in [0.29, 0.717) is 11.4 Å². The van der Waals surface area contributed by atoms with Crippen LogP contribution in [-0.2, 0) is 10.0 Å². The van der Waals surface area contributed by atoms with Crippen LogP contribution in [0, 0.1) is 5.82 Å². The second kappa shape index (κ2) is 5.61. The summed E-state index contributed by atoms with van der Waals surface area (Å²) in [4.78, 5) is 0.0348. The first-order chi connectivity index (χ1) is 9.86. The maximum Gasteiger partial charge on any atom is 0.264 e. The lowest BCUT2D eigenvalue weighted by Crippen LogP contribution is -2.26. The normalized spacial score (nSPS) is 11.2. The van der Waals surface area contributed by atoms with Crippen molar-refractivity contribution < 1.29 is 17.5 Å². The van der Waals surface area contributed by atoms with Crippen molar-refractivity contribution in [3.05, 3.63) is 48.3 Å². The van der Waals surface area contributed by atoms with E-state index in [1.165, 1.54) is 56.6 Å². The highest BCUT2D eigenvalue weighted by Crippen LogP contribution is 2.28. The third-order valence-electron chi connectivity index (χ3n) is 3.05. The van der Waals surface area contributed by atoms with Gasteiger partial charge < -0.3 is 10.5 Å². The van der Waals surface area contributed by atoms with Crippen molar-refractivity contribution in [2.45, 2.75) is 4.90 Å². The summed E-state index contributed by atoms with van der Waals surface area (Å²) in [6, 6.07) is 9.40. The molecule has 0 fully saturated rings. The number of halogens is 1. The predicted molar refractivity (Wildman–Crippen MR) is 79.4 cm³/mol. The smallest absolute Gasteiger partial charge is 0.264 e. The van der Waals surface area contributed by atoms with Crippen molar-refractivity contribution >= 4 is 21.4 Å². The highest BCUT2D eigenvalue weighted by Gasteiger charge is 2.22. The van der Waals surface area contributed by atoms with Gasteiger partial charge in [-0.05, 0) is 42.5 Å². The van der Waals surface area contributed by atoms with E-state index in [4.69, 9.17) is 10.5 Å². The summed E-state index contributed by atoms with van der Waals surface area (Å²) in [5.41, 5.74) is 6.31. The average molecular weight is 310 g/mol. The van der Waals surface area contributed by atoms with E-state index < -0.39 is 15.8 Å². The zero-order valence-electron chi connectivity index (χ0n) is 11.6. The monoisotopic (exact) mass is 310 g/mol. The number of sulfonamides is 1. The van der Waals surface area contributed by atoms with Crippen molar-refractivity contribution in [1.82, 2.24) is 0 Å². The molecule has 112 valence electrons. The predicted octanol–water partition coefficient (Wildman–Crippen LogP) is 2.24. The van der Waals surface area contributed by atoms with Crippen LogP contribution >= 0.6 is 0 Å². The molecular weight excluding hydrogens is 295 g/mol. The molecule has 0 aromatic heterocycles. The van der Waals surface area contributed by atoms with Gasteiger partial charge in [-0.2, -0.15) is 0 Å². The number of methoxy groups -OCH3 is 1. The van der Waals surface area contributed by atoms with Gasteiger partial charge in [-0.25, -0.2) is 12.8 Å². The maximum atomic E-state index is 12.9. The summed E-state index contributed by atoms with van der Waals surface area (Å²) < 4.78 is 44.0. The van der Waals surface area contributed by atoms with Crippen molar-refractivity contribution in [3.8, 4) is 5.75 Å². The van der Waals surface area contributed by atoms with Crippen molar-refractivity contribution in [3.63, 3.8) is 0 Å². The minimum Gasteiger partial charge on any atom is -0.495 e. The first-order valence-electron chi connectivity index (χ1n) is 6.04. The third kappa shape index (κ3) is 2.92. The largest absolute Gasteiger partial charge is 0.495 e. The third-order valence-corrected chi connectivity index (χ3v) is 4.83. The molecule has 5 nitrogen and oxygen atoms in total. The van der Waals surface area contributed by atoms with Gasteiger partial charge in [0.15, 0.2) is 0 Å². The summed E-state index contributed by atoms with van der Waals surface area (Å²) in [6.45, 7) is 0. The minimum absolute atomic E-state index is 0.0348. The Morgan fingerprint density at radius 2 is 1.76 bits per heavy atom. The standard InChI is InChI=1S/C14H15FN2O3S/c1-17(11-5-3-10(15)4-6-11)21(18,19)12-7-8-14(20-2)13(16)9-12/h3-9H,16H2,1-2H3. The molecule has 0 bridgehead atoms. The van der Waals surface area contributed by atoms with Gasteiger partial charge in [-0.3, -0.25) is 4.31 Å². The lowest BCUT2D eigenvalue weighted by Gasteiger charge is -2.20. The van der Waals surface area contributed by atoms with Crippen LogP contribution in [0.3, 0.4) is 0 Å². The highest BCUT2D eigenvalue weighted by molar-refractivity contribution is 7.92. The Hall–Kier alpha value is -2.28. The number of anilines is 2. The number of hydrogen-bond donors (Lipinski definition) is 1. The average Bonchev–Trinajstić information content (AvgIpc) is 2.47. The fourth-order valence-electron chi connectivity index (χ4n) is 1.82. The van der Waals surface area contributed by atoms with Gasteiger partial charge in [0.1, 0.15) is 11.6 Å². The Labute approximate surface area is 122 Å². The summed E-state index contributed by atoms with van der Waals surface area (Å²) in [5.74, 6) is -0.0309. The van der Waals surface area contributed by atoms with Gasteiger partial charge in [0.05, 0.1) is 23.4 Å². The Balaban J connectivity index is 2.41. The molecule has 2 N–H and O–H groups in total. The molecular formula is C14H15FN2O3S. The quantitative estimate of drug-likeness (QED) is 0.879. The lowest BCUT2D eigenvalue weighted by atomic mass is 10.3. The number of ether oxygens (including phenoxy) is 1. The first-order valence-corrected chi connectivity index (χ1v) is 7.48. The van der Waals surface area contributed by atoms with E-state index in [0.717, 1.165) is 4.31 Å². The molecule has 0 spiro atoms. The molecule has 0 radical (unpaired) electrons. The summed E-state index contributed by atoms with van der Waals surface area (Å²) in [5, 5.41) is 0. The fourth-order valence-corrected chi connectivity index (χ4v) is 3.05. The number of hydrogen-bond acceptors (Lipinski definition) is 4. The van der Waals surface area contributed by atoms with E-state index in [9.17, 15) is 12.8 Å². The number of rotatable bonds is 4. The molecule has 0 aliphatic carbocycles. The van der Waals surface area contributed by atoms with Gasteiger partial charge in [0.2, 0.25) is 0 Å². The van der Waals surface area contributed by atoms with Gasteiger partial charge in [0, 0.05) is 7.05 Å². The molecule has 0 amide bonds. The van der Waals surface area contributed by atoms with Gasteiger partial charge in [-0.1, -0.05) is 0 Å². The Morgan fingerprint density at radius 3 is 2.29 bits per heavy atom. The molecule has 7 heteroatoms. The molecule has 2 aromatic carbocycles. The molecule has 0 atom stereocenters. The van der Waals surface area contributed by atoms with Gasteiger partial charge >= 0.3 is 0 Å². The minimum atomic E-state index is -3.78. The number of nitrogens with two attached hydrogens (primary N) is 1. The lowest BCUT2D eigenvalue weighted by molar-refractivity contribution is 0.416.